The number of phenolic OH excluding ortho intramolecular Hbond substituents is 1. The van der Waals surface area contributed by atoms with Crippen molar-refractivity contribution in [2.24, 2.45) is 0 Å². The van der Waals surface area contributed by atoms with Crippen molar-refractivity contribution in [3.63, 3.8) is 0 Å². The quantitative estimate of drug-likeness (QED) is 0.173. The number of imidazole rings is 1. The van der Waals surface area contributed by atoms with Crippen molar-refractivity contribution >= 4 is 44.0 Å². The first-order valence-corrected chi connectivity index (χ1v) is 21.6. The van der Waals surface area contributed by atoms with Crippen LogP contribution in [0.3, 0.4) is 0 Å². The molecule has 0 radical (unpaired) electrons. The Bertz CT molecular complexity index is 3420. The number of benzene rings is 6. The number of pyridine rings is 1. The molecule has 0 unspecified atom stereocenters. The SMILES string of the molecule is CC(C)(C)c1cc(-c2cc(C(C)(C)C)cc3nccnc23)[c-]c(-c2nc3c(-c4c(O)ccc5c4oc4ccccc45)cncc3n2-c2ccc(C(C)(C)C)cc2-c2ccccc2)c1.[Pt]. The number of fused-ring (bicyclic) bond motifs is 5. The topological polar surface area (TPSA) is 89.9 Å². The van der Waals surface area contributed by atoms with E-state index in [1.54, 1.807) is 24.7 Å². The van der Waals surface area contributed by atoms with Crippen molar-refractivity contribution in [1.29, 1.82) is 0 Å². The van der Waals surface area contributed by atoms with Crippen LogP contribution >= 0.6 is 0 Å². The Kier molecular flexibility index (Phi) is 10.5. The van der Waals surface area contributed by atoms with Gasteiger partial charge in [-0.05, 0) is 69.3 Å². The van der Waals surface area contributed by atoms with Crippen molar-refractivity contribution in [3.8, 4) is 56.2 Å². The van der Waals surface area contributed by atoms with Crippen molar-refractivity contribution in [3.05, 3.63) is 157 Å². The van der Waals surface area contributed by atoms with Crippen molar-refractivity contribution in [1.82, 2.24) is 24.5 Å². The molecule has 4 aromatic heterocycles. The van der Waals surface area contributed by atoms with E-state index in [0.717, 1.165) is 77.5 Å². The van der Waals surface area contributed by atoms with E-state index in [1.165, 1.54) is 5.56 Å². The molecule has 0 aliphatic heterocycles. The van der Waals surface area contributed by atoms with Gasteiger partial charge in [-0.3, -0.25) is 19.9 Å². The molecule has 10 aromatic rings. The van der Waals surface area contributed by atoms with E-state index in [0.29, 0.717) is 28.1 Å². The van der Waals surface area contributed by atoms with E-state index in [-0.39, 0.29) is 43.1 Å². The van der Waals surface area contributed by atoms with Gasteiger partial charge in [0.2, 0.25) is 0 Å². The van der Waals surface area contributed by atoms with Gasteiger partial charge in [0.05, 0.1) is 39.7 Å². The van der Waals surface area contributed by atoms with E-state index in [1.807, 2.05) is 42.6 Å². The molecule has 0 amide bonds. The minimum Gasteiger partial charge on any atom is -0.507 e. The summed E-state index contributed by atoms with van der Waals surface area (Å²) < 4.78 is 8.77. The zero-order valence-electron chi connectivity index (χ0n) is 37.6. The van der Waals surface area contributed by atoms with E-state index < -0.39 is 0 Å². The molecular weight excluding hydrogens is 970 g/mol. The molecule has 322 valence electrons. The second-order valence-electron chi connectivity index (χ2n) is 19.8. The minimum atomic E-state index is -0.239. The van der Waals surface area contributed by atoms with Crippen LogP contribution in [0.15, 0.2) is 138 Å². The summed E-state index contributed by atoms with van der Waals surface area (Å²) >= 11 is 0. The third-order valence-corrected chi connectivity index (χ3v) is 12.3. The average Bonchev–Trinajstić information content (AvgIpc) is 3.84. The number of aromatic nitrogens is 5. The van der Waals surface area contributed by atoms with Crippen LogP contribution in [-0.4, -0.2) is 29.6 Å². The van der Waals surface area contributed by atoms with Gasteiger partial charge in [0.15, 0.2) is 0 Å². The molecule has 0 aliphatic carbocycles. The number of rotatable bonds is 5. The van der Waals surface area contributed by atoms with Gasteiger partial charge in [-0.15, -0.1) is 29.3 Å². The number of para-hydroxylation sites is 1. The van der Waals surface area contributed by atoms with Gasteiger partial charge >= 0.3 is 0 Å². The largest absolute Gasteiger partial charge is 0.507 e. The maximum absolute atomic E-state index is 11.8. The Morgan fingerprint density at radius 2 is 1.27 bits per heavy atom. The maximum Gasteiger partial charge on any atom is 0.147 e. The zero-order valence-corrected chi connectivity index (χ0v) is 39.9. The smallest absolute Gasteiger partial charge is 0.147 e. The molecule has 8 heteroatoms. The number of aromatic hydroxyl groups is 1. The number of nitrogens with zero attached hydrogens (tertiary/aromatic N) is 5. The number of hydrogen-bond acceptors (Lipinski definition) is 6. The third kappa shape index (κ3) is 7.40. The van der Waals surface area contributed by atoms with Crippen LogP contribution in [0, 0.1) is 6.07 Å². The molecule has 0 atom stereocenters. The molecule has 0 aliphatic rings. The molecule has 4 heterocycles. The predicted molar refractivity (Wildman–Crippen MR) is 258 cm³/mol. The van der Waals surface area contributed by atoms with E-state index in [2.05, 4.69) is 140 Å². The van der Waals surface area contributed by atoms with Gasteiger partial charge in [-0.1, -0.05) is 134 Å². The Balaban J connectivity index is 0.00000518. The van der Waals surface area contributed by atoms with Crippen LogP contribution in [0.1, 0.15) is 79.0 Å². The van der Waals surface area contributed by atoms with E-state index in [4.69, 9.17) is 24.4 Å². The van der Waals surface area contributed by atoms with Crippen molar-refractivity contribution < 1.29 is 30.6 Å². The van der Waals surface area contributed by atoms with E-state index in [9.17, 15) is 5.11 Å². The molecule has 0 fully saturated rings. The number of phenols is 1. The minimum absolute atomic E-state index is 0. The van der Waals surface area contributed by atoms with E-state index >= 15 is 0 Å². The average molecular weight is 1020 g/mol. The molecular formula is C56H50N5O2Pt-. The summed E-state index contributed by atoms with van der Waals surface area (Å²) in [6.07, 6.45) is 7.18. The van der Waals surface area contributed by atoms with Crippen LogP contribution in [-0.2, 0) is 37.3 Å². The standard InChI is InChI=1S/C56H50N5O2.Pt/c1-54(2,3)36-19-21-45(41(28-36)33-15-11-10-12-16-33)61-46-32-57-31-43(49-47(62)22-20-40-39-17-13-14-18-48(39)63-52(40)49)51(46)60-53(61)35-25-34(26-37(27-35)55(4,5)6)42-29-38(56(7,8)9)30-44-50(42)59-24-23-58-44;/h10-24,26-32,62H,1-9H3;/q-1;. The molecule has 64 heavy (non-hydrogen) atoms. The molecule has 1 N–H and O–H groups in total. The Labute approximate surface area is 388 Å². The van der Waals surface area contributed by atoms with Crippen LogP contribution < -0.4 is 0 Å². The Morgan fingerprint density at radius 1 is 0.594 bits per heavy atom. The second-order valence-corrected chi connectivity index (χ2v) is 19.8. The first-order chi connectivity index (χ1) is 30.0. The zero-order chi connectivity index (χ0) is 44.0. The summed E-state index contributed by atoms with van der Waals surface area (Å²) in [5, 5.41) is 13.6. The molecule has 10 rings (SSSR count). The molecule has 0 spiro atoms. The van der Waals surface area contributed by atoms with Gasteiger partial charge in [0, 0.05) is 67.2 Å². The van der Waals surface area contributed by atoms with Gasteiger partial charge in [0.1, 0.15) is 16.9 Å². The monoisotopic (exact) mass is 1020 g/mol. The normalized spacial score (nSPS) is 12.4. The summed E-state index contributed by atoms with van der Waals surface area (Å²) in [5.74, 6) is 0.771. The van der Waals surface area contributed by atoms with Crippen LogP contribution in [0.4, 0.5) is 0 Å². The van der Waals surface area contributed by atoms with Crippen molar-refractivity contribution in [2.45, 2.75) is 78.6 Å². The number of furan rings is 1. The van der Waals surface area contributed by atoms with Crippen LogP contribution in [0.25, 0.3) is 94.5 Å². The fourth-order valence-corrected chi connectivity index (χ4v) is 8.67. The van der Waals surface area contributed by atoms with Gasteiger partial charge in [0.25, 0.3) is 0 Å². The fraction of sp³-hybridized carbons (Fsp3) is 0.214. The summed E-state index contributed by atoms with van der Waals surface area (Å²) in [4.78, 5) is 20.2. The first kappa shape index (κ1) is 42.8. The third-order valence-electron chi connectivity index (χ3n) is 12.3. The summed E-state index contributed by atoms with van der Waals surface area (Å²) in [7, 11) is 0. The number of hydrogen-bond donors (Lipinski definition) is 1. The predicted octanol–water partition coefficient (Wildman–Crippen LogP) is 14.3. The van der Waals surface area contributed by atoms with Gasteiger partial charge in [-0.2, -0.15) is 0 Å². The molecule has 7 nitrogen and oxygen atoms in total. The summed E-state index contributed by atoms with van der Waals surface area (Å²) in [5.41, 5.74) is 14.4. The molecule has 0 bridgehead atoms. The fourth-order valence-electron chi connectivity index (χ4n) is 8.67. The van der Waals surface area contributed by atoms with Crippen LogP contribution in [0.5, 0.6) is 5.75 Å². The molecule has 0 saturated carbocycles. The second kappa shape index (κ2) is 15.7. The van der Waals surface area contributed by atoms with Gasteiger partial charge < -0.3 is 14.1 Å². The van der Waals surface area contributed by atoms with Crippen LogP contribution in [0.2, 0.25) is 0 Å². The van der Waals surface area contributed by atoms with Gasteiger partial charge in [-0.25, -0.2) is 0 Å². The molecule has 6 aromatic carbocycles. The Hall–Kier alpha value is -6.43. The first-order valence-electron chi connectivity index (χ1n) is 21.6. The summed E-state index contributed by atoms with van der Waals surface area (Å²) in [6, 6.07) is 41.6. The Morgan fingerprint density at radius 3 is 2.02 bits per heavy atom. The van der Waals surface area contributed by atoms with Crippen molar-refractivity contribution in [2.75, 3.05) is 0 Å². The molecule has 0 saturated heterocycles. The summed E-state index contributed by atoms with van der Waals surface area (Å²) in [6.45, 7) is 20.1. The maximum atomic E-state index is 11.8.